The topological polar surface area (TPSA) is 46.3 Å². The summed E-state index contributed by atoms with van der Waals surface area (Å²) in [5.74, 6) is -0.294. The van der Waals surface area contributed by atoms with E-state index < -0.39 is 0 Å². The van der Waals surface area contributed by atoms with E-state index in [9.17, 15) is 4.79 Å². The molecular weight excluding hydrogens is 280 g/mol. The number of nitrogens with zero attached hydrogens (tertiary/aromatic N) is 1. The van der Waals surface area contributed by atoms with E-state index in [1.165, 1.54) is 31.5 Å². The third-order valence-electron chi connectivity index (χ3n) is 3.09. The zero-order valence-corrected chi connectivity index (χ0v) is 11.4. The molecule has 2 rings (SSSR count). The SMILES string of the molecule is NC(=O)Cc1ccc(CN2CCCC2)cc1Br. The van der Waals surface area contributed by atoms with Crippen LogP contribution in [0.4, 0.5) is 0 Å². The van der Waals surface area contributed by atoms with Crippen LogP contribution >= 0.6 is 15.9 Å². The molecule has 1 aliphatic heterocycles. The van der Waals surface area contributed by atoms with E-state index in [0.717, 1.165) is 16.6 Å². The van der Waals surface area contributed by atoms with Crippen molar-refractivity contribution in [1.82, 2.24) is 4.90 Å². The maximum atomic E-state index is 10.9. The zero-order valence-electron chi connectivity index (χ0n) is 9.79. The summed E-state index contributed by atoms with van der Waals surface area (Å²) in [5, 5.41) is 0. The number of primary amides is 1. The number of benzene rings is 1. The van der Waals surface area contributed by atoms with Crippen LogP contribution in [0.1, 0.15) is 24.0 Å². The molecule has 1 fully saturated rings. The molecule has 1 aliphatic rings. The minimum atomic E-state index is -0.294. The quantitative estimate of drug-likeness (QED) is 0.925. The van der Waals surface area contributed by atoms with Crippen molar-refractivity contribution in [1.29, 1.82) is 0 Å². The Morgan fingerprint density at radius 1 is 1.35 bits per heavy atom. The van der Waals surface area contributed by atoms with Gasteiger partial charge in [0.05, 0.1) is 6.42 Å². The van der Waals surface area contributed by atoms with Crippen molar-refractivity contribution in [2.45, 2.75) is 25.8 Å². The van der Waals surface area contributed by atoms with Crippen LogP contribution in [0.25, 0.3) is 0 Å². The van der Waals surface area contributed by atoms with Gasteiger partial charge in [-0.15, -0.1) is 0 Å². The molecule has 0 spiro atoms. The van der Waals surface area contributed by atoms with Gasteiger partial charge in [0.25, 0.3) is 0 Å². The molecule has 0 aromatic heterocycles. The lowest BCUT2D eigenvalue weighted by molar-refractivity contribution is -0.117. The van der Waals surface area contributed by atoms with Crippen molar-refractivity contribution in [3.63, 3.8) is 0 Å². The van der Waals surface area contributed by atoms with E-state index >= 15 is 0 Å². The molecule has 2 N–H and O–H groups in total. The predicted molar refractivity (Wildman–Crippen MR) is 71.6 cm³/mol. The summed E-state index contributed by atoms with van der Waals surface area (Å²) < 4.78 is 0.980. The van der Waals surface area contributed by atoms with Crippen molar-refractivity contribution in [2.75, 3.05) is 13.1 Å². The summed E-state index contributed by atoms with van der Waals surface area (Å²) in [6.45, 7) is 3.39. The van der Waals surface area contributed by atoms with Crippen molar-refractivity contribution in [3.05, 3.63) is 33.8 Å². The van der Waals surface area contributed by atoms with Crippen LogP contribution in [0.2, 0.25) is 0 Å². The molecule has 17 heavy (non-hydrogen) atoms. The molecule has 0 aliphatic carbocycles. The number of carbonyl (C=O) groups excluding carboxylic acids is 1. The molecular formula is C13H17BrN2O. The maximum Gasteiger partial charge on any atom is 0.221 e. The summed E-state index contributed by atoms with van der Waals surface area (Å²) in [4.78, 5) is 13.3. The van der Waals surface area contributed by atoms with E-state index in [-0.39, 0.29) is 5.91 Å². The van der Waals surface area contributed by atoms with Gasteiger partial charge in [0.2, 0.25) is 5.91 Å². The first-order valence-electron chi connectivity index (χ1n) is 5.93. The van der Waals surface area contributed by atoms with Crippen molar-refractivity contribution >= 4 is 21.8 Å². The van der Waals surface area contributed by atoms with Crippen molar-refractivity contribution < 1.29 is 4.79 Å². The van der Waals surface area contributed by atoms with Crippen molar-refractivity contribution in [3.8, 4) is 0 Å². The third-order valence-corrected chi connectivity index (χ3v) is 3.83. The number of hydrogen-bond donors (Lipinski definition) is 1. The minimum Gasteiger partial charge on any atom is -0.369 e. The van der Waals surface area contributed by atoms with Crippen LogP contribution in [0.3, 0.4) is 0 Å². The van der Waals surface area contributed by atoms with Gasteiger partial charge < -0.3 is 5.73 Å². The Morgan fingerprint density at radius 3 is 2.65 bits per heavy atom. The highest BCUT2D eigenvalue weighted by Crippen LogP contribution is 2.21. The molecule has 0 saturated carbocycles. The fraction of sp³-hybridized carbons (Fsp3) is 0.462. The molecule has 1 saturated heterocycles. The highest BCUT2D eigenvalue weighted by molar-refractivity contribution is 9.10. The average molecular weight is 297 g/mol. The lowest BCUT2D eigenvalue weighted by Crippen LogP contribution is -2.18. The number of hydrogen-bond acceptors (Lipinski definition) is 2. The smallest absolute Gasteiger partial charge is 0.221 e. The maximum absolute atomic E-state index is 10.9. The van der Waals surface area contributed by atoms with Gasteiger partial charge in [-0.3, -0.25) is 9.69 Å². The lowest BCUT2D eigenvalue weighted by atomic mass is 10.1. The Labute approximate surface area is 110 Å². The molecule has 0 radical (unpaired) electrons. The van der Waals surface area contributed by atoms with Gasteiger partial charge in [0.1, 0.15) is 0 Å². The molecule has 1 heterocycles. The highest BCUT2D eigenvalue weighted by atomic mass is 79.9. The van der Waals surface area contributed by atoms with Crippen LogP contribution in [-0.4, -0.2) is 23.9 Å². The van der Waals surface area contributed by atoms with Crippen LogP contribution in [0.5, 0.6) is 0 Å². The second-order valence-corrected chi connectivity index (χ2v) is 5.41. The molecule has 4 heteroatoms. The average Bonchev–Trinajstić information content (AvgIpc) is 2.74. The number of rotatable bonds is 4. The first kappa shape index (κ1) is 12.6. The van der Waals surface area contributed by atoms with Crippen LogP contribution in [-0.2, 0) is 17.8 Å². The fourth-order valence-corrected chi connectivity index (χ4v) is 2.79. The molecule has 0 bridgehead atoms. The third kappa shape index (κ3) is 3.54. The minimum absolute atomic E-state index is 0.294. The molecule has 3 nitrogen and oxygen atoms in total. The Morgan fingerprint density at radius 2 is 2.06 bits per heavy atom. The molecule has 0 atom stereocenters. The Kier molecular flexibility index (Phi) is 4.18. The predicted octanol–water partition coefficient (Wildman–Crippen LogP) is 2.07. The summed E-state index contributed by atoms with van der Waals surface area (Å²) in [5.41, 5.74) is 7.44. The lowest BCUT2D eigenvalue weighted by Gasteiger charge is -2.15. The summed E-state index contributed by atoms with van der Waals surface area (Å²) in [6.07, 6.45) is 2.91. The second kappa shape index (κ2) is 5.65. The molecule has 0 unspecified atom stereocenters. The number of nitrogens with two attached hydrogens (primary N) is 1. The van der Waals surface area contributed by atoms with E-state index in [0.29, 0.717) is 6.42 Å². The zero-order chi connectivity index (χ0) is 12.3. The van der Waals surface area contributed by atoms with Crippen LogP contribution in [0, 0.1) is 0 Å². The van der Waals surface area contributed by atoms with Crippen LogP contribution < -0.4 is 5.73 Å². The summed E-state index contributed by atoms with van der Waals surface area (Å²) in [7, 11) is 0. The highest BCUT2D eigenvalue weighted by Gasteiger charge is 2.12. The Balaban J connectivity index is 2.04. The second-order valence-electron chi connectivity index (χ2n) is 4.55. The van der Waals surface area contributed by atoms with Gasteiger partial charge in [0, 0.05) is 11.0 Å². The molecule has 1 aromatic carbocycles. The Bertz CT molecular complexity index is 414. The van der Waals surface area contributed by atoms with Gasteiger partial charge >= 0.3 is 0 Å². The molecule has 1 amide bonds. The monoisotopic (exact) mass is 296 g/mol. The normalized spacial score (nSPS) is 16.3. The number of amides is 1. The van der Waals surface area contributed by atoms with E-state index in [4.69, 9.17) is 5.73 Å². The van der Waals surface area contributed by atoms with E-state index in [1.54, 1.807) is 0 Å². The van der Waals surface area contributed by atoms with Gasteiger partial charge in [-0.05, 0) is 43.1 Å². The van der Waals surface area contributed by atoms with E-state index in [1.807, 2.05) is 6.07 Å². The first-order valence-corrected chi connectivity index (χ1v) is 6.72. The fourth-order valence-electron chi connectivity index (χ4n) is 2.22. The summed E-state index contributed by atoms with van der Waals surface area (Å²) in [6, 6.07) is 6.16. The first-order chi connectivity index (χ1) is 8.15. The molecule has 1 aromatic rings. The Hall–Kier alpha value is -0.870. The summed E-state index contributed by atoms with van der Waals surface area (Å²) >= 11 is 3.50. The van der Waals surface area contributed by atoms with Crippen LogP contribution in [0.15, 0.2) is 22.7 Å². The number of halogens is 1. The largest absolute Gasteiger partial charge is 0.369 e. The van der Waals surface area contributed by atoms with Crippen molar-refractivity contribution in [2.24, 2.45) is 5.73 Å². The standard InChI is InChI=1S/C13H17BrN2O/c14-12-7-10(9-16-5-1-2-6-16)3-4-11(12)8-13(15)17/h3-4,7H,1-2,5-6,8-9H2,(H2,15,17). The van der Waals surface area contributed by atoms with Gasteiger partial charge in [-0.1, -0.05) is 28.1 Å². The van der Waals surface area contributed by atoms with Gasteiger partial charge in [-0.2, -0.15) is 0 Å². The van der Waals surface area contributed by atoms with Gasteiger partial charge in [0.15, 0.2) is 0 Å². The van der Waals surface area contributed by atoms with E-state index in [2.05, 4.69) is 33.0 Å². The van der Waals surface area contributed by atoms with Gasteiger partial charge in [-0.25, -0.2) is 0 Å². The number of carbonyl (C=O) groups is 1. The number of likely N-dealkylation sites (tertiary alicyclic amines) is 1. The molecule has 92 valence electrons.